The first-order chi connectivity index (χ1) is 7.68. The van der Waals surface area contributed by atoms with Crippen LogP contribution >= 0.6 is 11.3 Å². The summed E-state index contributed by atoms with van der Waals surface area (Å²) in [5.41, 5.74) is 1.83. The van der Waals surface area contributed by atoms with Gasteiger partial charge in [0, 0.05) is 23.7 Å². The average molecular weight is 234 g/mol. The molecule has 0 aliphatic heterocycles. The molecule has 0 fully saturated rings. The lowest BCUT2D eigenvalue weighted by molar-refractivity contribution is 0.147. The molecule has 0 radical (unpaired) electrons. The van der Waals surface area contributed by atoms with Crippen LogP contribution in [0.15, 0.2) is 29.9 Å². The van der Waals surface area contributed by atoms with Gasteiger partial charge in [0.1, 0.15) is 6.10 Å². The lowest BCUT2D eigenvalue weighted by Crippen LogP contribution is -2.08. The molecule has 2 atom stereocenters. The van der Waals surface area contributed by atoms with E-state index in [-0.39, 0.29) is 5.92 Å². The highest BCUT2D eigenvalue weighted by Crippen LogP contribution is 2.30. The van der Waals surface area contributed by atoms with E-state index < -0.39 is 6.10 Å². The van der Waals surface area contributed by atoms with Crippen molar-refractivity contribution >= 4 is 11.3 Å². The van der Waals surface area contributed by atoms with Crippen molar-refractivity contribution in [2.75, 3.05) is 0 Å². The molecule has 1 N–H and O–H groups in total. The van der Waals surface area contributed by atoms with E-state index in [0.29, 0.717) is 0 Å². The number of pyridine rings is 1. The first-order valence-electron chi connectivity index (χ1n) is 5.18. The number of thiazole rings is 1. The van der Waals surface area contributed by atoms with E-state index in [1.165, 1.54) is 0 Å². The summed E-state index contributed by atoms with van der Waals surface area (Å²) in [7, 11) is 0. The fourth-order valence-electron chi connectivity index (χ4n) is 1.62. The number of aryl methyl sites for hydroxylation is 1. The Morgan fingerprint density at radius 2 is 2.00 bits per heavy atom. The van der Waals surface area contributed by atoms with E-state index in [9.17, 15) is 5.11 Å². The second-order valence-electron chi connectivity index (χ2n) is 3.81. The van der Waals surface area contributed by atoms with Gasteiger partial charge in [0.2, 0.25) is 0 Å². The maximum atomic E-state index is 10.2. The summed E-state index contributed by atoms with van der Waals surface area (Å²) in [6.45, 7) is 3.94. The lowest BCUT2D eigenvalue weighted by Gasteiger charge is -2.17. The smallest absolute Gasteiger partial charge is 0.103 e. The zero-order valence-corrected chi connectivity index (χ0v) is 10.1. The van der Waals surface area contributed by atoms with Gasteiger partial charge >= 0.3 is 0 Å². The highest BCUT2D eigenvalue weighted by Gasteiger charge is 2.20. The van der Waals surface area contributed by atoms with Gasteiger partial charge in [-0.1, -0.05) is 6.92 Å². The third-order valence-corrected chi connectivity index (χ3v) is 3.44. The molecule has 2 rings (SSSR count). The van der Waals surface area contributed by atoms with Gasteiger partial charge in [0.15, 0.2) is 0 Å². The van der Waals surface area contributed by atoms with Crippen molar-refractivity contribution < 1.29 is 5.11 Å². The SMILES string of the molecule is Cc1nc(C(O)C(C)c2ccncc2)cs1. The Labute approximate surface area is 98.8 Å². The molecule has 2 aromatic heterocycles. The zero-order valence-electron chi connectivity index (χ0n) is 9.29. The number of rotatable bonds is 3. The van der Waals surface area contributed by atoms with Crippen LogP contribution < -0.4 is 0 Å². The Kier molecular flexibility index (Phi) is 3.31. The first kappa shape index (κ1) is 11.2. The van der Waals surface area contributed by atoms with Gasteiger partial charge in [-0.2, -0.15) is 0 Å². The van der Waals surface area contributed by atoms with Gasteiger partial charge in [0.25, 0.3) is 0 Å². The minimum atomic E-state index is -0.549. The van der Waals surface area contributed by atoms with Gasteiger partial charge in [-0.05, 0) is 24.6 Å². The van der Waals surface area contributed by atoms with E-state index in [0.717, 1.165) is 16.3 Å². The summed E-state index contributed by atoms with van der Waals surface area (Å²) >= 11 is 1.56. The van der Waals surface area contributed by atoms with Crippen LogP contribution in [-0.4, -0.2) is 15.1 Å². The molecule has 2 unspecified atom stereocenters. The van der Waals surface area contributed by atoms with Crippen molar-refractivity contribution in [1.82, 2.24) is 9.97 Å². The van der Waals surface area contributed by atoms with E-state index >= 15 is 0 Å². The molecule has 0 bridgehead atoms. The number of aromatic nitrogens is 2. The van der Waals surface area contributed by atoms with Crippen LogP contribution in [0.4, 0.5) is 0 Å². The van der Waals surface area contributed by atoms with Crippen molar-refractivity contribution in [3.63, 3.8) is 0 Å². The van der Waals surface area contributed by atoms with Crippen LogP contribution in [0.1, 0.15) is 35.2 Å². The maximum Gasteiger partial charge on any atom is 0.103 e. The molecule has 0 spiro atoms. The molecule has 2 aromatic rings. The lowest BCUT2D eigenvalue weighted by atomic mass is 9.95. The predicted octanol–water partition coefficient (Wildman–Crippen LogP) is 2.68. The molecule has 2 heterocycles. The van der Waals surface area contributed by atoms with Gasteiger partial charge < -0.3 is 5.11 Å². The molecule has 0 saturated heterocycles. The number of hydrogen-bond acceptors (Lipinski definition) is 4. The van der Waals surface area contributed by atoms with Gasteiger partial charge in [-0.15, -0.1) is 11.3 Å². The summed E-state index contributed by atoms with van der Waals surface area (Å²) in [5.74, 6) is 0.0319. The summed E-state index contributed by atoms with van der Waals surface area (Å²) in [5, 5.41) is 13.1. The Bertz CT molecular complexity index is 455. The molecule has 4 heteroatoms. The molecule has 0 aromatic carbocycles. The summed E-state index contributed by atoms with van der Waals surface area (Å²) in [6.07, 6.45) is 2.93. The normalized spacial score (nSPS) is 14.7. The van der Waals surface area contributed by atoms with Crippen LogP contribution in [0.25, 0.3) is 0 Å². The Balaban J connectivity index is 2.19. The van der Waals surface area contributed by atoms with Crippen LogP contribution in [0.2, 0.25) is 0 Å². The first-order valence-corrected chi connectivity index (χ1v) is 6.06. The van der Waals surface area contributed by atoms with Crippen molar-refractivity contribution in [2.24, 2.45) is 0 Å². The second-order valence-corrected chi connectivity index (χ2v) is 4.87. The quantitative estimate of drug-likeness (QED) is 0.888. The summed E-state index contributed by atoms with van der Waals surface area (Å²) < 4.78 is 0. The summed E-state index contributed by atoms with van der Waals surface area (Å²) in [4.78, 5) is 8.28. The number of nitrogens with zero attached hydrogens (tertiary/aromatic N) is 2. The highest BCUT2D eigenvalue weighted by molar-refractivity contribution is 7.09. The van der Waals surface area contributed by atoms with Crippen molar-refractivity contribution in [2.45, 2.75) is 25.9 Å². The molecule has 0 aliphatic carbocycles. The van der Waals surface area contributed by atoms with E-state index in [2.05, 4.69) is 9.97 Å². The van der Waals surface area contributed by atoms with E-state index in [1.807, 2.05) is 31.4 Å². The van der Waals surface area contributed by atoms with Crippen LogP contribution in [0, 0.1) is 6.92 Å². The van der Waals surface area contributed by atoms with Gasteiger partial charge in [-0.3, -0.25) is 4.98 Å². The Morgan fingerprint density at radius 1 is 1.31 bits per heavy atom. The van der Waals surface area contributed by atoms with Crippen molar-refractivity contribution in [3.05, 3.63) is 46.2 Å². The predicted molar refractivity (Wildman–Crippen MR) is 64.5 cm³/mol. The molecule has 0 saturated carbocycles. The van der Waals surface area contributed by atoms with Crippen LogP contribution in [0.5, 0.6) is 0 Å². The fourth-order valence-corrected chi connectivity index (χ4v) is 2.26. The zero-order chi connectivity index (χ0) is 11.5. The topological polar surface area (TPSA) is 46.0 Å². The molecule has 0 amide bonds. The number of aliphatic hydroxyl groups is 1. The molecule has 16 heavy (non-hydrogen) atoms. The standard InChI is InChI=1S/C12H14N2OS/c1-8(10-3-5-13-6-4-10)12(15)11-7-16-9(2)14-11/h3-8,12,15H,1-2H3. The average Bonchev–Trinajstić information content (AvgIpc) is 2.75. The Hall–Kier alpha value is -1.26. The third-order valence-electron chi connectivity index (χ3n) is 2.65. The van der Waals surface area contributed by atoms with Gasteiger partial charge in [0.05, 0.1) is 10.7 Å². The van der Waals surface area contributed by atoms with Gasteiger partial charge in [-0.25, -0.2) is 4.98 Å². The Morgan fingerprint density at radius 3 is 2.56 bits per heavy atom. The minimum absolute atomic E-state index is 0.0319. The van der Waals surface area contributed by atoms with E-state index in [1.54, 1.807) is 23.7 Å². The number of hydrogen-bond donors (Lipinski definition) is 1. The monoisotopic (exact) mass is 234 g/mol. The molecule has 0 aliphatic rings. The van der Waals surface area contributed by atoms with Crippen molar-refractivity contribution in [1.29, 1.82) is 0 Å². The molecular weight excluding hydrogens is 220 g/mol. The molecule has 84 valence electrons. The van der Waals surface area contributed by atoms with Crippen LogP contribution in [-0.2, 0) is 0 Å². The maximum absolute atomic E-state index is 10.2. The van der Waals surface area contributed by atoms with E-state index in [4.69, 9.17) is 0 Å². The third kappa shape index (κ3) is 2.28. The molecule has 3 nitrogen and oxygen atoms in total. The van der Waals surface area contributed by atoms with Crippen molar-refractivity contribution in [3.8, 4) is 0 Å². The summed E-state index contributed by atoms with van der Waals surface area (Å²) in [6, 6.07) is 3.85. The molecular formula is C12H14N2OS. The van der Waals surface area contributed by atoms with Crippen LogP contribution in [0.3, 0.4) is 0 Å². The second kappa shape index (κ2) is 4.72. The fraction of sp³-hybridized carbons (Fsp3) is 0.333. The largest absolute Gasteiger partial charge is 0.386 e. The highest BCUT2D eigenvalue weighted by atomic mass is 32.1. The number of aliphatic hydroxyl groups excluding tert-OH is 1. The minimum Gasteiger partial charge on any atom is -0.386 e.